The molecule has 4 heterocycles. The highest BCUT2D eigenvalue weighted by atomic mass is 16.5. The SMILES string of the molecule is Cc1[nH]c(-c2cc(-c3cncc(N4CCOCC4)c3)ccn2)nc1C(=O)NC(C)C. The lowest BCUT2D eigenvalue weighted by molar-refractivity contribution is 0.0938. The maximum absolute atomic E-state index is 12.4. The normalized spacial score (nSPS) is 14.2. The molecule has 1 saturated heterocycles. The molecule has 30 heavy (non-hydrogen) atoms. The lowest BCUT2D eigenvalue weighted by atomic mass is 10.1. The molecule has 2 N–H and O–H groups in total. The van der Waals surface area contributed by atoms with Gasteiger partial charge in [0, 0.05) is 42.8 Å². The van der Waals surface area contributed by atoms with E-state index < -0.39 is 0 Å². The van der Waals surface area contributed by atoms with Crippen LogP contribution >= 0.6 is 0 Å². The minimum atomic E-state index is -0.191. The number of aryl methyl sites for hydroxylation is 1. The van der Waals surface area contributed by atoms with Gasteiger partial charge in [0.15, 0.2) is 5.82 Å². The van der Waals surface area contributed by atoms with Crippen molar-refractivity contribution in [2.24, 2.45) is 0 Å². The summed E-state index contributed by atoms with van der Waals surface area (Å²) in [4.78, 5) is 31.2. The molecule has 0 atom stereocenters. The standard InChI is InChI=1S/C22H26N6O2/c1-14(2)25-22(29)20-15(3)26-21(27-20)19-11-16(4-5-24-19)17-10-18(13-23-12-17)28-6-8-30-9-7-28/h4-5,10-14H,6-9H2,1-3H3,(H,25,29)(H,26,27). The summed E-state index contributed by atoms with van der Waals surface area (Å²) in [6.07, 6.45) is 5.47. The molecule has 3 aromatic rings. The van der Waals surface area contributed by atoms with E-state index in [1.54, 1.807) is 6.20 Å². The molecule has 0 spiro atoms. The Labute approximate surface area is 175 Å². The Balaban J connectivity index is 1.62. The van der Waals surface area contributed by atoms with Crippen LogP contribution in [0.5, 0.6) is 0 Å². The molecule has 156 valence electrons. The molecule has 8 heteroatoms. The van der Waals surface area contributed by atoms with Gasteiger partial charge >= 0.3 is 0 Å². The number of H-pyrrole nitrogens is 1. The first kappa shape index (κ1) is 20.0. The fraction of sp³-hybridized carbons (Fsp3) is 0.364. The highest BCUT2D eigenvalue weighted by Gasteiger charge is 2.18. The topological polar surface area (TPSA) is 96.0 Å². The molecule has 3 aromatic heterocycles. The number of hydrogen-bond acceptors (Lipinski definition) is 6. The van der Waals surface area contributed by atoms with Crippen LogP contribution in [-0.2, 0) is 4.74 Å². The van der Waals surface area contributed by atoms with Gasteiger partial charge in [-0.3, -0.25) is 14.8 Å². The Kier molecular flexibility index (Phi) is 5.76. The van der Waals surface area contributed by atoms with Gasteiger partial charge in [-0.2, -0.15) is 0 Å². The van der Waals surface area contributed by atoms with Crippen LogP contribution < -0.4 is 10.2 Å². The highest BCUT2D eigenvalue weighted by Crippen LogP contribution is 2.26. The van der Waals surface area contributed by atoms with Gasteiger partial charge in [0.05, 0.1) is 25.1 Å². The van der Waals surface area contributed by atoms with Crippen molar-refractivity contribution in [3.05, 3.63) is 48.2 Å². The number of pyridine rings is 2. The predicted octanol–water partition coefficient (Wildman–Crippen LogP) is 2.82. The summed E-state index contributed by atoms with van der Waals surface area (Å²) in [5, 5.41) is 2.88. The number of amides is 1. The van der Waals surface area contributed by atoms with Crippen LogP contribution in [-0.4, -0.2) is 58.2 Å². The molecule has 4 rings (SSSR count). The van der Waals surface area contributed by atoms with E-state index >= 15 is 0 Å². The Hall–Kier alpha value is -3.26. The maximum Gasteiger partial charge on any atom is 0.271 e. The number of aromatic amines is 1. The second-order valence-electron chi connectivity index (χ2n) is 7.65. The Bertz CT molecular complexity index is 1040. The van der Waals surface area contributed by atoms with Crippen LogP contribution in [0, 0.1) is 6.92 Å². The fourth-order valence-corrected chi connectivity index (χ4v) is 3.45. The van der Waals surface area contributed by atoms with E-state index in [2.05, 4.69) is 36.2 Å². The molecule has 0 radical (unpaired) electrons. The van der Waals surface area contributed by atoms with Crippen LogP contribution in [0.4, 0.5) is 5.69 Å². The second-order valence-corrected chi connectivity index (χ2v) is 7.65. The van der Waals surface area contributed by atoms with Crippen molar-refractivity contribution >= 4 is 11.6 Å². The summed E-state index contributed by atoms with van der Waals surface area (Å²) in [6, 6.07) is 6.09. The summed E-state index contributed by atoms with van der Waals surface area (Å²) in [5.41, 5.74) is 4.85. The first-order chi connectivity index (χ1) is 14.5. The zero-order valence-electron chi connectivity index (χ0n) is 17.5. The number of carbonyl (C=O) groups is 1. The molecule has 1 amide bonds. The first-order valence-electron chi connectivity index (χ1n) is 10.1. The maximum atomic E-state index is 12.4. The van der Waals surface area contributed by atoms with Crippen LogP contribution in [0.25, 0.3) is 22.6 Å². The molecule has 0 unspecified atom stereocenters. The predicted molar refractivity (Wildman–Crippen MR) is 115 cm³/mol. The number of morpholine rings is 1. The van der Waals surface area contributed by atoms with E-state index in [1.165, 1.54) is 0 Å². The minimum absolute atomic E-state index is 0.0461. The second kappa shape index (κ2) is 8.62. The summed E-state index contributed by atoms with van der Waals surface area (Å²) >= 11 is 0. The van der Waals surface area contributed by atoms with Gasteiger partial charge in [0.2, 0.25) is 0 Å². The van der Waals surface area contributed by atoms with E-state index in [0.717, 1.165) is 43.1 Å². The van der Waals surface area contributed by atoms with Crippen molar-refractivity contribution in [3.8, 4) is 22.6 Å². The van der Waals surface area contributed by atoms with E-state index in [1.807, 2.05) is 45.3 Å². The average Bonchev–Trinajstić information content (AvgIpc) is 3.16. The number of carbonyl (C=O) groups excluding carboxylic acids is 1. The van der Waals surface area contributed by atoms with Gasteiger partial charge < -0.3 is 19.9 Å². The molecule has 0 saturated carbocycles. The third kappa shape index (κ3) is 4.33. The van der Waals surface area contributed by atoms with Gasteiger partial charge in [-0.25, -0.2) is 4.98 Å². The highest BCUT2D eigenvalue weighted by molar-refractivity contribution is 5.94. The van der Waals surface area contributed by atoms with Crippen molar-refractivity contribution in [3.63, 3.8) is 0 Å². The number of nitrogens with one attached hydrogen (secondary N) is 2. The average molecular weight is 406 g/mol. The molecule has 0 bridgehead atoms. The van der Waals surface area contributed by atoms with Crippen molar-refractivity contribution in [1.82, 2.24) is 25.3 Å². The number of ether oxygens (including phenoxy) is 1. The zero-order valence-corrected chi connectivity index (χ0v) is 17.5. The third-order valence-corrected chi connectivity index (χ3v) is 4.96. The van der Waals surface area contributed by atoms with Crippen LogP contribution in [0.2, 0.25) is 0 Å². The lowest BCUT2D eigenvalue weighted by Gasteiger charge is -2.28. The van der Waals surface area contributed by atoms with E-state index in [-0.39, 0.29) is 11.9 Å². The quantitative estimate of drug-likeness (QED) is 0.676. The monoisotopic (exact) mass is 406 g/mol. The van der Waals surface area contributed by atoms with Gasteiger partial charge in [-0.1, -0.05) is 0 Å². The minimum Gasteiger partial charge on any atom is -0.378 e. The largest absolute Gasteiger partial charge is 0.378 e. The zero-order chi connectivity index (χ0) is 21.1. The number of rotatable bonds is 5. The molecule has 1 aliphatic heterocycles. The van der Waals surface area contributed by atoms with Crippen LogP contribution in [0.15, 0.2) is 36.8 Å². The molecule has 0 aliphatic carbocycles. The Morgan fingerprint density at radius 3 is 2.77 bits per heavy atom. The van der Waals surface area contributed by atoms with E-state index in [4.69, 9.17) is 4.74 Å². The number of anilines is 1. The number of imidazole rings is 1. The Morgan fingerprint density at radius 2 is 2.00 bits per heavy atom. The molecule has 1 fully saturated rings. The van der Waals surface area contributed by atoms with Crippen LogP contribution in [0.1, 0.15) is 30.0 Å². The summed E-state index contributed by atoms with van der Waals surface area (Å²) < 4.78 is 5.44. The third-order valence-electron chi connectivity index (χ3n) is 4.96. The molecule has 8 nitrogen and oxygen atoms in total. The van der Waals surface area contributed by atoms with Crippen LogP contribution in [0.3, 0.4) is 0 Å². The van der Waals surface area contributed by atoms with E-state index in [9.17, 15) is 4.79 Å². The first-order valence-corrected chi connectivity index (χ1v) is 10.1. The van der Waals surface area contributed by atoms with Gasteiger partial charge in [0.25, 0.3) is 5.91 Å². The lowest BCUT2D eigenvalue weighted by Crippen LogP contribution is -2.36. The van der Waals surface area contributed by atoms with E-state index in [0.29, 0.717) is 22.9 Å². The molecule has 0 aromatic carbocycles. The summed E-state index contributed by atoms with van der Waals surface area (Å²) in [5.74, 6) is 0.379. The molecule has 1 aliphatic rings. The van der Waals surface area contributed by atoms with Gasteiger partial charge in [0.1, 0.15) is 11.4 Å². The van der Waals surface area contributed by atoms with Gasteiger partial charge in [-0.15, -0.1) is 0 Å². The summed E-state index contributed by atoms with van der Waals surface area (Å²) in [6.45, 7) is 8.86. The number of hydrogen-bond donors (Lipinski definition) is 2. The molecular weight excluding hydrogens is 380 g/mol. The number of nitrogens with zero attached hydrogens (tertiary/aromatic N) is 4. The van der Waals surface area contributed by atoms with Crippen molar-refractivity contribution in [2.45, 2.75) is 26.8 Å². The fourth-order valence-electron chi connectivity index (χ4n) is 3.45. The van der Waals surface area contributed by atoms with Crippen molar-refractivity contribution in [1.29, 1.82) is 0 Å². The Morgan fingerprint density at radius 1 is 1.20 bits per heavy atom. The smallest absolute Gasteiger partial charge is 0.271 e. The number of aromatic nitrogens is 4. The van der Waals surface area contributed by atoms with Gasteiger partial charge in [-0.05, 0) is 44.5 Å². The summed E-state index contributed by atoms with van der Waals surface area (Å²) in [7, 11) is 0. The molecular formula is C22H26N6O2. The van der Waals surface area contributed by atoms with Crippen molar-refractivity contribution in [2.75, 3.05) is 31.2 Å². The van der Waals surface area contributed by atoms with Crippen molar-refractivity contribution < 1.29 is 9.53 Å².